The smallest absolute Gasteiger partial charge is 0.251 e. The molecule has 0 radical (unpaired) electrons. The largest absolute Gasteiger partial charge is 0.399 e. The van der Waals surface area contributed by atoms with E-state index in [9.17, 15) is 9.59 Å². The molecular weight excluding hydrogens is 302 g/mol. The molecular formula is C19H23N3O2. The van der Waals surface area contributed by atoms with Crippen molar-refractivity contribution in [3.8, 4) is 0 Å². The molecule has 2 amide bonds. The van der Waals surface area contributed by atoms with E-state index in [0.717, 1.165) is 23.2 Å². The molecule has 5 heteroatoms. The Morgan fingerprint density at radius 3 is 2.46 bits per heavy atom. The third-order valence-electron chi connectivity index (χ3n) is 3.67. The molecule has 2 aromatic carbocycles. The molecule has 0 aromatic heterocycles. The summed E-state index contributed by atoms with van der Waals surface area (Å²) in [6.07, 6.45) is 1.33. The number of nitrogen functional groups attached to an aromatic ring is 1. The van der Waals surface area contributed by atoms with Gasteiger partial charge in [-0.05, 0) is 48.7 Å². The minimum atomic E-state index is -0.153. The van der Waals surface area contributed by atoms with Crippen LogP contribution in [-0.4, -0.2) is 11.8 Å². The molecule has 0 unspecified atom stereocenters. The summed E-state index contributed by atoms with van der Waals surface area (Å²) in [7, 11) is 0. The van der Waals surface area contributed by atoms with E-state index in [-0.39, 0.29) is 11.8 Å². The van der Waals surface area contributed by atoms with Crippen molar-refractivity contribution in [3.05, 3.63) is 59.2 Å². The molecule has 0 spiro atoms. The zero-order valence-electron chi connectivity index (χ0n) is 14.1. The van der Waals surface area contributed by atoms with Gasteiger partial charge < -0.3 is 16.4 Å². The first-order chi connectivity index (χ1) is 11.5. The van der Waals surface area contributed by atoms with E-state index in [0.29, 0.717) is 24.2 Å². The monoisotopic (exact) mass is 325 g/mol. The van der Waals surface area contributed by atoms with Crippen LogP contribution in [0.3, 0.4) is 0 Å². The third-order valence-corrected chi connectivity index (χ3v) is 3.67. The summed E-state index contributed by atoms with van der Waals surface area (Å²) >= 11 is 0. The molecule has 0 heterocycles. The van der Waals surface area contributed by atoms with Crippen LogP contribution >= 0.6 is 0 Å². The predicted molar refractivity (Wildman–Crippen MR) is 96.7 cm³/mol. The number of aryl methyl sites for hydroxylation is 1. The summed E-state index contributed by atoms with van der Waals surface area (Å²) in [5.41, 5.74) is 9.49. The highest BCUT2D eigenvalue weighted by atomic mass is 16.2. The van der Waals surface area contributed by atoms with Crippen LogP contribution in [0.2, 0.25) is 0 Å². The number of rotatable bonds is 6. The van der Waals surface area contributed by atoms with Crippen molar-refractivity contribution >= 4 is 23.2 Å². The lowest BCUT2D eigenvalue weighted by molar-refractivity contribution is -0.116. The van der Waals surface area contributed by atoms with Gasteiger partial charge in [0.2, 0.25) is 5.91 Å². The molecule has 4 N–H and O–H groups in total. The highest BCUT2D eigenvalue weighted by Gasteiger charge is 2.09. The average Bonchev–Trinajstić information content (AvgIpc) is 2.56. The average molecular weight is 325 g/mol. The van der Waals surface area contributed by atoms with Gasteiger partial charge in [-0.2, -0.15) is 0 Å². The van der Waals surface area contributed by atoms with Crippen molar-refractivity contribution < 1.29 is 9.59 Å². The van der Waals surface area contributed by atoms with Crippen LogP contribution in [0, 0.1) is 6.92 Å². The molecule has 0 saturated heterocycles. The Bertz CT molecular complexity index is 724. The second kappa shape index (κ2) is 8.15. The fourth-order valence-corrected chi connectivity index (χ4v) is 2.32. The van der Waals surface area contributed by atoms with Gasteiger partial charge in [0.1, 0.15) is 0 Å². The van der Waals surface area contributed by atoms with E-state index >= 15 is 0 Å². The van der Waals surface area contributed by atoms with E-state index in [4.69, 9.17) is 5.73 Å². The second-order valence-corrected chi connectivity index (χ2v) is 5.75. The van der Waals surface area contributed by atoms with Crippen LogP contribution in [-0.2, 0) is 11.3 Å². The Morgan fingerprint density at radius 2 is 1.79 bits per heavy atom. The van der Waals surface area contributed by atoms with Crippen LogP contribution < -0.4 is 16.4 Å². The quantitative estimate of drug-likeness (QED) is 0.713. The van der Waals surface area contributed by atoms with Crippen LogP contribution in [0.25, 0.3) is 0 Å². The summed E-state index contributed by atoms with van der Waals surface area (Å²) < 4.78 is 0. The molecule has 0 bridgehead atoms. The van der Waals surface area contributed by atoms with Crippen molar-refractivity contribution in [2.24, 2.45) is 0 Å². The van der Waals surface area contributed by atoms with E-state index in [1.165, 1.54) is 0 Å². The maximum Gasteiger partial charge on any atom is 0.251 e. The van der Waals surface area contributed by atoms with Gasteiger partial charge in [0.15, 0.2) is 0 Å². The van der Waals surface area contributed by atoms with Gasteiger partial charge >= 0.3 is 0 Å². The summed E-state index contributed by atoms with van der Waals surface area (Å²) in [5, 5.41) is 5.72. The Labute approximate surface area is 142 Å². The Balaban J connectivity index is 1.93. The molecule has 126 valence electrons. The van der Waals surface area contributed by atoms with Crippen molar-refractivity contribution in [2.45, 2.75) is 33.2 Å². The minimum Gasteiger partial charge on any atom is -0.399 e. The number of amides is 2. The highest BCUT2D eigenvalue weighted by Crippen LogP contribution is 2.14. The molecule has 0 aliphatic carbocycles. The Morgan fingerprint density at radius 1 is 1.08 bits per heavy atom. The lowest BCUT2D eigenvalue weighted by Crippen LogP contribution is -2.23. The first kappa shape index (κ1) is 17.5. The number of carbonyl (C=O) groups excluding carboxylic acids is 2. The number of hydrogen-bond acceptors (Lipinski definition) is 3. The van der Waals surface area contributed by atoms with Crippen molar-refractivity contribution in [1.82, 2.24) is 5.32 Å². The molecule has 5 nitrogen and oxygen atoms in total. The van der Waals surface area contributed by atoms with Crippen LogP contribution in [0.4, 0.5) is 11.4 Å². The standard InChI is InChI=1S/C19H23N3O2/c1-3-4-18(23)22-16-9-6-14(7-10-16)12-21-19(24)17-11-15(20)8-5-13(17)2/h5-11H,3-4,12,20H2,1-2H3,(H,21,24)(H,22,23). The number of carbonyl (C=O) groups is 2. The third kappa shape index (κ3) is 4.84. The van der Waals surface area contributed by atoms with E-state index in [2.05, 4.69) is 10.6 Å². The van der Waals surface area contributed by atoms with Gasteiger partial charge in [-0.15, -0.1) is 0 Å². The molecule has 0 aliphatic rings. The topological polar surface area (TPSA) is 84.2 Å². The maximum atomic E-state index is 12.3. The van der Waals surface area contributed by atoms with Crippen LogP contribution in [0.15, 0.2) is 42.5 Å². The maximum absolute atomic E-state index is 12.3. The van der Waals surface area contributed by atoms with Crippen LogP contribution in [0.5, 0.6) is 0 Å². The van der Waals surface area contributed by atoms with Gasteiger partial charge in [-0.25, -0.2) is 0 Å². The summed E-state index contributed by atoms with van der Waals surface area (Å²) in [4.78, 5) is 23.8. The fourth-order valence-electron chi connectivity index (χ4n) is 2.32. The van der Waals surface area contributed by atoms with E-state index in [1.54, 1.807) is 12.1 Å². The van der Waals surface area contributed by atoms with Gasteiger partial charge in [0.25, 0.3) is 5.91 Å². The summed E-state index contributed by atoms with van der Waals surface area (Å²) in [6, 6.07) is 12.7. The van der Waals surface area contributed by atoms with E-state index < -0.39 is 0 Å². The number of nitrogens with one attached hydrogen (secondary N) is 2. The first-order valence-electron chi connectivity index (χ1n) is 8.02. The van der Waals surface area contributed by atoms with Gasteiger partial charge in [-0.1, -0.05) is 25.1 Å². The predicted octanol–water partition coefficient (Wildman–Crippen LogP) is 3.25. The van der Waals surface area contributed by atoms with Crippen molar-refractivity contribution in [3.63, 3.8) is 0 Å². The second-order valence-electron chi connectivity index (χ2n) is 5.75. The first-order valence-corrected chi connectivity index (χ1v) is 8.02. The Hall–Kier alpha value is -2.82. The zero-order chi connectivity index (χ0) is 17.5. The van der Waals surface area contributed by atoms with Gasteiger partial charge in [0, 0.05) is 29.9 Å². The normalized spacial score (nSPS) is 10.2. The van der Waals surface area contributed by atoms with Crippen LogP contribution in [0.1, 0.15) is 41.3 Å². The van der Waals surface area contributed by atoms with Crippen molar-refractivity contribution in [1.29, 1.82) is 0 Å². The SMILES string of the molecule is CCCC(=O)Nc1ccc(CNC(=O)c2cc(N)ccc2C)cc1. The number of hydrogen-bond donors (Lipinski definition) is 3. The van der Waals surface area contributed by atoms with Gasteiger partial charge in [-0.3, -0.25) is 9.59 Å². The van der Waals surface area contributed by atoms with E-state index in [1.807, 2.05) is 44.2 Å². The molecule has 0 aliphatic heterocycles. The lowest BCUT2D eigenvalue weighted by Gasteiger charge is -2.09. The molecule has 0 atom stereocenters. The Kier molecular flexibility index (Phi) is 5.95. The summed E-state index contributed by atoms with van der Waals surface area (Å²) in [6.45, 7) is 4.26. The molecule has 0 fully saturated rings. The number of anilines is 2. The molecule has 24 heavy (non-hydrogen) atoms. The molecule has 2 rings (SSSR count). The summed E-state index contributed by atoms with van der Waals surface area (Å²) in [5.74, 6) is -0.143. The minimum absolute atomic E-state index is 0.00990. The van der Waals surface area contributed by atoms with Gasteiger partial charge in [0.05, 0.1) is 0 Å². The molecule has 2 aromatic rings. The number of nitrogens with two attached hydrogens (primary N) is 1. The zero-order valence-corrected chi connectivity index (χ0v) is 14.1. The fraction of sp³-hybridized carbons (Fsp3) is 0.263. The molecule has 0 saturated carbocycles. The lowest BCUT2D eigenvalue weighted by atomic mass is 10.1. The van der Waals surface area contributed by atoms with Crippen molar-refractivity contribution in [2.75, 3.05) is 11.1 Å². The highest BCUT2D eigenvalue weighted by molar-refractivity contribution is 5.96. The number of benzene rings is 2.